The van der Waals surface area contributed by atoms with Crippen LogP contribution in [-0.2, 0) is 6.54 Å². The van der Waals surface area contributed by atoms with Crippen LogP contribution in [0.4, 0.5) is 5.82 Å². The van der Waals surface area contributed by atoms with Gasteiger partial charge in [-0.05, 0) is 18.2 Å². The molecule has 0 spiro atoms. The molecule has 94 valence electrons. The standard InChI is InChI=1S/C12H14N4O2/c1-16(2)11-5-6-13-10(15-11)8-14-12(17)9-4-3-7-18-9/h3-7H,8H2,1-2H3,(H,14,17). The van der Waals surface area contributed by atoms with E-state index < -0.39 is 0 Å². The van der Waals surface area contributed by atoms with E-state index in [-0.39, 0.29) is 18.2 Å². The van der Waals surface area contributed by atoms with Crippen molar-refractivity contribution in [2.75, 3.05) is 19.0 Å². The number of carbonyl (C=O) groups excluding carboxylic acids is 1. The highest BCUT2D eigenvalue weighted by molar-refractivity contribution is 5.91. The van der Waals surface area contributed by atoms with Crippen molar-refractivity contribution in [1.29, 1.82) is 0 Å². The summed E-state index contributed by atoms with van der Waals surface area (Å²) >= 11 is 0. The number of nitrogens with zero attached hydrogens (tertiary/aromatic N) is 3. The van der Waals surface area contributed by atoms with Crippen molar-refractivity contribution in [1.82, 2.24) is 15.3 Å². The molecule has 0 atom stereocenters. The molecule has 0 saturated carbocycles. The van der Waals surface area contributed by atoms with Crippen molar-refractivity contribution in [3.8, 4) is 0 Å². The van der Waals surface area contributed by atoms with Crippen LogP contribution in [0.5, 0.6) is 0 Å². The number of rotatable bonds is 4. The summed E-state index contributed by atoms with van der Waals surface area (Å²) in [5.41, 5.74) is 0. The lowest BCUT2D eigenvalue weighted by atomic mass is 10.4. The molecule has 0 aliphatic carbocycles. The van der Waals surface area contributed by atoms with Gasteiger partial charge in [-0.3, -0.25) is 4.79 Å². The number of aromatic nitrogens is 2. The summed E-state index contributed by atoms with van der Waals surface area (Å²) in [6.45, 7) is 0.265. The smallest absolute Gasteiger partial charge is 0.287 e. The first-order valence-electron chi connectivity index (χ1n) is 5.48. The van der Waals surface area contributed by atoms with Gasteiger partial charge in [-0.1, -0.05) is 0 Å². The second-order valence-corrected chi connectivity index (χ2v) is 3.89. The average molecular weight is 246 g/mol. The number of nitrogens with one attached hydrogen (secondary N) is 1. The minimum Gasteiger partial charge on any atom is -0.459 e. The number of furan rings is 1. The summed E-state index contributed by atoms with van der Waals surface area (Å²) in [4.78, 5) is 21.9. The summed E-state index contributed by atoms with van der Waals surface area (Å²) in [5.74, 6) is 1.35. The highest BCUT2D eigenvalue weighted by Crippen LogP contribution is 2.05. The lowest BCUT2D eigenvalue weighted by molar-refractivity contribution is 0.0922. The van der Waals surface area contributed by atoms with Crippen molar-refractivity contribution in [3.05, 3.63) is 42.2 Å². The number of anilines is 1. The van der Waals surface area contributed by atoms with Gasteiger partial charge in [0.1, 0.15) is 11.6 Å². The first kappa shape index (κ1) is 12.1. The third kappa shape index (κ3) is 2.85. The van der Waals surface area contributed by atoms with E-state index in [4.69, 9.17) is 4.42 Å². The predicted octanol–water partition coefficient (Wildman–Crippen LogP) is 1.07. The zero-order valence-electron chi connectivity index (χ0n) is 10.3. The Kier molecular flexibility index (Phi) is 3.57. The summed E-state index contributed by atoms with van der Waals surface area (Å²) in [5, 5.41) is 2.69. The molecular weight excluding hydrogens is 232 g/mol. The van der Waals surface area contributed by atoms with Gasteiger partial charge in [-0.15, -0.1) is 0 Å². The molecule has 0 radical (unpaired) electrons. The van der Waals surface area contributed by atoms with Crippen LogP contribution < -0.4 is 10.2 Å². The average Bonchev–Trinajstić information content (AvgIpc) is 2.90. The van der Waals surface area contributed by atoms with E-state index >= 15 is 0 Å². The van der Waals surface area contributed by atoms with E-state index in [9.17, 15) is 4.79 Å². The highest BCUT2D eigenvalue weighted by atomic mass is 16.3. The van der Waals surface area contributed by atoms with Gasteiger partial charge >= 0.3 is 0 Å². The maximum absolute atomic E-state index is 11.6. The van der Waals surface area contributed by atoms with Gasteiger partial charge in [0.05, 0.1) is 12.8 Å². The van der Waals surface area contributed by atoms with Crippen LogP contribution in [-0.4, -0.2) is 30.0 Å². The second-order valence-electron chi connectivity index (χ2n) is 3.89. The fourth-order valence-electron chi connectivity index (χ4n) is 1.38. The van der Waals surface area contributed by atoms with E-state index in [1.807, 2.05) is 19.0 Å². The Morgan fingerprint density at radius 3 is 2.94 bits per heavy atom. The molecule has 2 aromatic heterocycles. The Morgan fingerprint density at radius 1 is 1.44 bits per heavy atom. The maximum atomic E-state index is 11.6. The molecule has 18 heavy (non-hydrogen) atoms. The molecule has 6 heteroatoms. The molecule has 2 rings (SSSR count). The Hall–Kier alpha value is -2.37. The van der Waals surface area contributed by atoms with Gasteiger partial charge in [0.25, 0.3) is 5.91 Å². The SMILES string of the molecule is CN(C)c1ccnc(CNC(=O)c2ccco2)n1. The summed E-state index contributed by atoms with van der Waals surface area (Å²) in [7, 11) is 3.79. The molecule has 1 N–H and O–H groups in total. The molecular formula is C12H14N4O2. The quantitative estimate of drug-likeness (QED) is 0.873. The molecule has 0 saturated heterocycles. The molecule has 2 heterocycles. The van der Waals surface area contributed by atoms with Crippen LogP contribution in [0.15, 0.2) is 35.1 Å². The normalized spacial score (nSPS) is 10.1. The number of amides is 1. The molecule has 0 aliphatic rings. The van der Waals surface area contributed by atoms with Gasteiger partial charge in [-0.25, -0.2) is 9.97 Å². The zero-order chi connectivity index (χ0) is 13.0. The predicted molar refractivity (Wildman–Crippen MR) is 66.2 cm³/mol. The van der Waals surface area contributed by atoms with E-state index in [1.165, 1.54) is 6.26 Å². The van der Waals surface area contributed by atoms with Crippen molar-refractivity contribution in [2.45, 2.75) is 6.54 Å². The van der Waals surface area contributed by atoms with Crippen molar-refractivity contribution < 1.29 is 9.21 Å². The van der Waals surface area contributed by atoms with Crippen LogP contribution in [0.3, 0.4) is 0 Å². The van der Waals surface area contributed by atoms with Crippen LogP contribution in [0.1, 0.15) is 16.4 Å². The van der Waals surface area contributed by atoms with E-state index in [0.717, 1.165) is 5.82 Å². The summed E-state index contributed by atoms with van der Waals surface area (Å²) < 4.78 is 4.98. The van der Waals surface area contributed by atoms with Crippen molar-refractivity contribution in [3.63, 3.8) is 0 Å². The van der Waals surface area contributed by atoms with Crippen LogP contribution in [0.25, 0.3) is 0 Å². The Bertz CT molecular complexity index is 523. The van der Waals surface area contributed by atoms with Crippen molar-refractivity contribution in [2.24, 2.45) is 0 Å². The molecule has 0 unspecified atom stereocenters. The second kappa shape index (κ2) is 5.31. The minimum absolute atomic E-state index is 0.265. The topological polar surface area (TPSA) is 71.3 Å². The third-order valence-electron chi connectivity index (χ3n) is 2.30. The monoisotopic (exact) mass is 246 g/mol. The highest BCUT2D eigenvalue weighted by Gasteiger charge is 2.08. The summed E-state index contributed by atoms with van der Waals surface area (Å²) in [6, 6.07) is 5.07. The largest absolute Gasteiger partial charge is 0.459 e. The zero-order valence-corrected chi connectivity index (χ0v) is 10.3. The van der Waals surface area contributed by atoms with Gasteiger partial charge in [0.2, 0.25) is 0 Å². The van der Waals surface area contributed by atoms with E-state index in [1.54, 1.807) is 24.4 Å². The summed E-state index contributed by atoms with van der Waals surface area (Å²) in [6.07, 6.45) is 3.12. The fraction of sp³-hybridized carbons (Fsp3) is 0.250. The minimum atomic E-state index is -0.279. The maximum Gasteiger partial charge on any atom is 0.287 e. The number of hydrogen-bond donors (Lipinski definition) is 1. The van der Waals surface area contributed by atoms with Gasteiger partial charge in [0.15, 0.2) is 5.76 Å². The van der Waals surface area contributed by atoms with Gasteiger partial charge < -0.3 is 14.6 Å². The number of hydrogen-bond acceptors (Lipinski definition) is 5. The fourth-order valence-corrected chi connectivity index (χ4v) is 1.38. The third-order valence-corrected chi connectivity index (χ3v) is 2.30. The molecule has 0 aromatic carbocycles. The van der Waals surface area contributed by atoms with Crippen LogP contribution in [0.2, 0.25) is 0 Å². The Balaban J connectivity index is 1.98. The molecule has 0 bridgehead atoms. The van der Waals surface area contributed by atoms with E-state index in [2.05, 4.69) is 15.3 Å². The molecule has 0 aliphatic heterocycles. The first-order chi connectivity index (χ1) is 8.66. The van der Waals surface area contributed by atoms with Crippen LogP contribution in [0, 0.1) is 0 Å². The van der Waals surface area contributed by atoms with Gasteiger partial charge in [0, 0.05) is 20.3 Å². The van der Waals surface area contributed by atoms with Gasteiger partial charge in [-0.2, -0.15) is 0 Å². The lowest BCUT2D eigenvalue weighted by Gasteiger charge is -2.11. The Morgan fingerprint density at radius 2 is 2.28 bits per heavy atom. The molecule has 2 aromatic rings. The molecule has 1 amide bonds. The lowest BCUT2D eigenvalue weighted by Crippen LogP contribution is -2.24. The number of carbonyl (C=O) groups is 1. The van der Waals surface area contributed by atoms with Crippen molar-refractivity contribution >= 4 is 11.7 Å². The Labute approximate surface area is 105 Å². The van der Waals surface area contributed by atoms with Crippen LogP contribution >= 0.6 is 0 Å². The molecule has 0 fully saturated rings. The first-order valence-corrected chi connectivity index (χ1v) is 5.48. The van der Waals surface area contributed by atoms with E-state index in [0.29, 0.717) is 5.82 Å². The molecule has 6 nitrogen and oxygen atoms in total.